The zero-order valence-electron chi connectivity index (χ0n) is 14.5. The van der Waals surface area contributed by atoms with Gasteiger partial charge in [-0.05, 0) is 59.6 Å². The van der Waals surface area contributed by atoms with Crippen molar-refractivity contribution in [3.8, 4) is 11.7 Å². The molecule has 1 saturated heterocycles. The van der Waals surface area contributed by atoms with Crippen molar-refractivity contribution in [3.63, 3.8) is 0 Å². The number of rotatable bonds is 4. The summed E-state index contributed by atoms with van der Waals surface area (Å²) in [5.74, 6) is 1.58. The van der Waals surface area contributed by atoms with E-state index < -0.39 is 0 Å². The third-order valence-corrected chi connectivity index (χ3v) is 6.36. The summed E-state index contributed by atoms with van der Waals surface area (Å²) < 4.78 is 13.2. The number of halogens is 1. The Kier molecular flexibility index (Phi) is 4.55. The SMILES string of the molecule is Brc1ccc(-c2nnc(CN3CCCCC3c3nc4ccccc4s3)o2)o1. The first-order valence-electron chi connectivity index (χ1n) is 8.94. The maximum absolute atomic E-state index is 5.83. The van der Waals surface area contributed by atoms with E-state index in [1.165, 1.54) is 22.5 Å². The number of furan rings is 1. The van der Waals surface area contributed by atoms with Crippen LogP contribution in [0.2, 0.25) is 0 Å². The highest BCUT2D eigenvalue weighted by molar-refractivity contribution is 9.10. The molecule has 5 rings (SSSR count). The van der Waals surface area contributed by atoms with Gasteiger partial charge in [-0.3, -0.25) is 4.90 Å². The Morgan fingerprint density at radius 2 is 2.04 bits per heavy atom. The minimum Gasteiger partial charge on any atom is -0.444 e. The predicted octanol–water partition coefficient (Wildman–Crippen LogP) is 5.43. The second-order valence-corrected chi connectivity index (χ2v) is 8.45. The fourth-order valence-corrected chi connectivity index (χ4v) is 4.96. The zero-order chi connectivity index (χ0) is 18.2. The number of nitrogens with zero attached hydrogens (tertiary/aromatic N) is 4. The summed E-state index contributed by atoms with van der Waals surface area (Å²) in [5.41, 5.74) is 1.08. The van der Waals surface area contributed by atoms with Gasteiger partial charge in [0, 0.05) is 0 Å². The summed E-state index contributed by atoms with van der Waals surface area (Å²) >= 11 is 5.08. The van der Waals surface area contributed by atoms with Gasteiger partial charge in [0.15, 0.2) is 10.4 Å². The molecule has 3 aromatic heterocycles. The lowest BCUT2D eigenvalue weighted by molar-refractivity contribution is 0.128. The highest BCUT2D eigenvalue weighted by Crippen LogP contribution is 2.36. The molecule has 4 heterocycles. The highest BCUT2D eigenvalue weighted by Gasteiger charge is 2.28. The number of thiazole rings is 1. The van der Waals surface area contributed by atoms with E-state index in [9.17, 15) is 0 Å². The van der Waals surface area contributed by atoms with Crippen molar-refractivity contribution in [1.29, 1.82) is 0 Å². The van der Waals surface area contributed by atoms with Gasteiger partial charge in [-0.1, -0.05) is 18.6 Å². The second kappa shape index (κ2) is 7.18. The number of hydrogen-bond acceptors (Lipinski definition) is 7. The van der Waals surface area contributed by atoms with Gasteiger partial charge in [-0.15, -0.1) is 21.5 Å². The van der Waals surface area contributed by atoms with E-state index in [0.29, 0.717) is 34.8 Å². The first kappa shape index (κ1) is 17.1. The number of piperidine rings is 1. The first-order valence-corrected chi connectivity index (χ1v) is 10.5. The molecule has 4 aromatic rings. The maximum Gasteiger partial charge on any atom is 0.283 e. The van der Waals surface area contributed by atoms with Crippen LogP contribution in [0.15, 0.2) is 49.9 Å². The molecule has 27 heavy (non-hydrogen) atoms. The predicted molar refractivity (Wildman–Crippen MR) is 106 cm³/mol. The lowest BCUT2D eigenvalue weighted by atomic mass is 10.0. The molecule has 0 bridgehead atoms. The average Bonchev–Trinajstić information content (AvgIpc) is 3.41. The van der Waals surface area contributed by atoms with Gasteiger partial charge in [0.05, 0.1) is 22.8 Å². The van der Waals surface area contributed by atoms with Crippen LogP contribution in [0, 0.1) is 0 Å². The summed E-state index contributed by atoms with van der Waals surface area (Å²) in [5, 5.41) is 9.51. The molecule has 1 atom stereocenters. The summed E-state index contributed by atoms with van der Waals surface area (Å²) in [6.45, 7) is 1.63. The average molecular weight is 445 g/mol. The quantitative estimate of drug-likeness (QED) is 0.417. The van der Waals surface area contributed by atoms with Crippen LogP contribution in [0.5, 0.6) is 0 Å². The Bertz CT molecular complexity index is 1040. The smallest absolute Gasteiger partial charge is 0.283 e. The Labute approximate surface area is 168 Å². The molecule has 138 valence electrons. The molecule has 1 fully saturated rings. The molecule has 8 heteroatoms. The van der Waals surface area contributed by atoms with Crippen LogP contribution in [-0.2, 0) is 6.54 Å². The molecular formula is C19H17BrN4O2S. The van der Waals surface area contributed by atoms with E-state index in [-0.39, 0.29) is 0 Å². The number of fused-ring (bicyclic) bond motifs is 1. The van der Waals surface area contributed by atoms with Crippen LogP contribution in [0.1, 0.15) is 36.2 Å². The number of hydrogen-bond donors (Lipinski definition) is 0. The van der Waals surface area contributed by atoms with Gasteiger partial charge < -0.3 is 8.83 Å². The second-order valence-electron chi connectivity index (χ2n) is 6.61. The monoisotopic (exact) mass is 444 g/mol. The Balaban J connectivity index is 1.38. The van der Waals surface area contributed by atoms with E-state index in [1.54, 1.807) is 11.3 Å². The van der Waals surface area contributed by atoms with Gasteiger partial charge in [0.1, 0.15) is 5.01 Å². The lowest BCUT2D eigenvalue weighted by Crippen LogP contribution is -2.33. The van der Waals surface area contributed by atoms with Crippen molar-refractivity contribution in [1.82, 2.24) is 20.1 Å². The van der Waals surface area contributed by atoms with Gasteiger partial charge in [0.25, 0.3) is 5.89 Å². The van der Waals surface area contributed by atoms with Gasteiger partial charge in [-0.2, -0.15) is 0 Å². The van der Waals surface area contributed by atoms with Crippen LogP contribution in [0.3, 0.4) is 0 Å². The molecule has 0 amide bonds. The summed E-state index contributed by atoms with van der Waals surface area (Å²) in [6.07, 6.45) is 3.49. The van der Waals surface area contributed by atoms with E-state index in [2.05, 4.69) is 49.2 Å². The molecule has 1 aliphatic rings. The molecule has 1 aromatic carbocycles. The lowest BCUT2D eigenvalue weighted by Gasteiger charge is -2.33. The summed E-state index contributed by atoms with van der Waals surface area (Å²) in [6, 6.07) is 12.2. The minimum absolute atomic E-state index is 0.296. The van der Waals surface area contributed by atoms with E-state index in [0.717, 1.165) is 18.5 Å². The van der Waals surface area contributed by atoms with E-state index in [4.69, 9.17) is 13.8 Å². The van der Waals surface area contributed by atoms with E-state index in [1.807, 2.05) is 18.2 Å². The highest BCUT2D eigenvalue weighted by atomic mass is 79.9. The van der Waals surface area contributed by atoms with Crippen molar-refractivity contribution < 1.29 is 8.83 Å². The number of likely N-dealkylation sites (tertiary alicyclic amines) is 1. The minimum atomic E-state index is 0.296. The molecule has 6 nitrogen and oxygen atoms in total. The van der Waals surface area contributed by atoms with Crippen LogP contribution < -0.4 is 0 Å². The molecule has 0 aliphatic carbocycles. The van der Waals surface area contributed by atoms with Gasteiger partial charge >= 0.3 is 0 Å². The largest absolute Gasteiger partial charge is 0.444 e. The molecule has 1 unspecified atom stereocenters. The van der Waals surface area contributed by atoms with Crippen molar-refractivity contribution in [2.45, 2.75) is 31.8 Å². The fourth-order valence-electron chi connectivity index (χ4n) is 3.51. The van der Waals surface area contributed by atoms with Crippen molar-refractivity contribution in [2.24, 2.45) is 0 Å². The Morgan fingerprint density at radius 3 is 2.89 bits per heavy atom. The number of para-hydroxylation sites is 1. The zero-order valence-corrected chi connectivity index (χ0v) is 16.9. The van der Waals surface area contributed by atoms with Crippen molar-refractivity contribution in [2.75, 3.05) is 6.54 Å². The van der Waals surface area contributed by atoms with Crippen molar-refractivity contribution in [3.05, 3.63) is 52.0 Å². The standard InChI is InChI=1S/C19H17BrN4O2S/c20-16-9-8-14(25-16)18-23-22-17(26-18)11-24-10-4-3-6-13(24)19-21-12-5-1-2-7-15(12)27-19/h1-2,5,7-9,13H,3-4,6,10-11H2. The van der Waals surface area contributed by atoms with Crippen molar-refractivity contribution >= 4 is 37.5 Å². The topological polar surface area (TPSA) is 68.2 Å². The van der Waals surface area contributed by atoms with Gasteiger partial charge in [0.2, 0.25) is 5.89 Å². The molecule has 1 aliphatic heterocycles. The number of benzene rings is 1. The fraction of sp³-hybridized carbons (Fsp3) is 0.316. The van der Waals surface area contributed by atoms with Gasteiger partial charge in [-0.25, -0.2) is 4.98 Å². The van der Waals surface area contributed by atoms with Crippen LogP contribution in [0.25, 0.3) is 21.9 Å². The molecule has 0 N–H and O–H groups in total. The van der Waals surface area contributed by atoms with Crippen LogP contribution >= 0.6 is 27.3 Å². The Hall–Kier alpha value is -2.03. The normalized spacial score (nSPS) is 18.3. The summed E-state index contributed by atoms with van der Waals surface area (Å²) in [4.78, 5) is 7.27. The summed E-state index contributed by atoms with van der Waals surface area (Å²) in [7, 11) is 0. The third kappa shape index (κ3) is 3.44. The maximum atomic E-state index is 5.83. The molecule has 0 radical (unpaired) electrons. The first-order chi connectivity index (χ1) is 13.3. The molecular weight excluding hydrogens is 428 g/mol. The Morgan fingerprint density at radius 1 is 1.11 bits per heavy atom. The molecule has 0 saturated carbocycles. The van der Waals surface area contributed by atoms with Crippen LogP contribution in [0.4, 0.5) is 0 Å². The molecule has 0 spiro atoms. The van der Waals surface area contributed by atoms with E-state index >= 15 is 0 Å². The number of aromatic nitrogens is 3. The third-order valence-electron chi connectivity index (χ3n) is 4.80. The van der Waals surface area contributed by atoms with Crippen LogP contribution in [-0.4, -0.2) is 26.6 Å².